The number of ether oxygens (including phenoxy) is 1. The second-order valence-corrected chi connectivity index (χ2v) is 4.41. The number of carboxylic acid groups (broad SMARTS) is 1. The van der Waals surface area contributed by atoms with Crippen molar-refractivity contribution in [3.8, 4) is 0 Å². The number of hydrogen-bond acceptors (Lipinski definition) is 4. The van der Waals surface area contributed by atoms with Gasteiger partial charge in [0.25, 0.3) is 0 Å². The Balaban J connectivity index is 2.83. The van der Waals surface area contributed by atoms with E-state index >= 15 is 0 Å². The number of rotatable bonds is 5. The Morgan fingerprint density at radius 1 is 1.71 bits per heavy atom. The van der Waals surface area contributed by atoms with Gasteiger partial charge >= 0.3 is 5.97 Å². The van der Waals surface area contributed by atoms with Gasteiger partial charge in [0.2, 0.25) is 5.91 Å². The van der Waals surface area contributed by atoms with E-state index in [1.165, 1.54) is 11.0 Å². The second-order valence-electron chi connectivity index (χ2n) is 4.41. The van der Waals surface area contributed by atoms with Crippen molar-refractivity contribution in [2.45, 2.75) is 13.0 Å². The van der Waals surface area contributed by atoms with E-state index in [9.17, 15) is 9.59 Å². The molecule has 0 radical (unpaired) electrons. The van der Waals surface area contributed by atoms with Crippen LogP contribution in [0, 0.1) is 5.41 Å². The molecule has 0 aromatic heterocycles. The Kier molecular flexibility index (Phi) is 4.25. The van der Waals surface area contributed by atoms with Gasteiger partial charge in [0, 0.05) is 12.6 Å². The maximum Gasteiger partial charge on any atom is 0.323 e. The van der Waals surface area contributed by atoms with Gasteiger partial charge in [0.15, 0.2) is 0 Å². The van der Waals surface area contributed by atoms with Gasteiger partial charge in [0.05, 0.1) is 18.6 Å². The van der Waals surface area contributed by atoms with Gasteiger partial charge in [-0.2, -0.15) is 0 Å². The van der Waals surface area contributed by atoms with Gasteiger partial charge in [-0.05, 0) is 6.92 Å². The van der Waals surface area contributed by atoms with Gasteiger partial charge in [-0.15, -0.1) is 6.58 Å². The highest BCUT2D eigenvalue weighted by Gasteiger charge is 2.46. The molecule has 17 heavy (non-hydrogen) atoms. The zero-order chi connectivity index (χ0) is 13.1. The van der Waals surface area contributed by atoms with Crippen LogP contribution in [-0.4, -0.2) is 54.2 Å². The first-order chi connectivity index (χ1) is 7.91. The summed E-state index contributed by atoms with van der Waals surface area (Å²) in [6.07, 6.45) is 1.49. The van der Waals surface area contributed by atoms with Crippen LogP contribution in [0.3, 0.4) is 0 Å². The van der Waals surface area contributed by atoms with Gasteiger partial charge in [-0.25, -0.2) is 0 Å². The average molecular weight is 242 g/mol. The lowest BCUT2D eigenvalue weighted by atomic mass is 9.84. The number of nitrogens with two attached hydrogens (primary N) is 1. The van der Waals surface area contributed by atoms with E-state index in [0.29, 0.717) is 6.61 Å². The molecule has 1 fully saturated rings. The molecule has 1 aliphatic rings. The van der Waals surface area contributed by atoms with E-state index in [2.05, 4.69) is 6.58 Å². The van der Waals surface area contributed by atoms with Gasteiger partial charge in [0.1, 0.15) is 6.54 Å². The highest BCUT2D eigenvalue weighted by atomic mass is 16.5. The van der Waals surface area contributed by atoms with Crippen LogP contribution in [0.15, 0.2) is 12.7 Å². The van der Waals surface area contributed by atoms with Crippen LogP contribution < -0.4 is 5.73 Å². The molecular formula is C11H18N2O4. The fourth-order valence-corrected chi connectivity index (χ4v) is 1.81. The molecule has 2 unspecified atom stereocenters. The van der Waals surface area contributed by atoms with Crippen LogP contribution in [0.25, 0.3) is 0 Å². The molecule has 6 nitrogen and oxygen atoms in total. The van der Waals surface area contributed by atoms with Crippen molar-refractivity contribution in [2.24, 2.45) is 11.1 Å². The normalized spacial score (nSPS) is 27.8. The Labute approximate surface area is 100 Å². The van der Waals surface area contributed by atoms with Crippen LogP contribution in [0.5, 0.6) is 0 Å². The molecule has 96 valence electrons. The number of amides is 1. The van der Waals surface area contributed by atoms with Crippen molar-refractivity contribution in [2.75, 3.05) is 26.3 Å². The summed E-state index contributed by atoms with van der Waals surface area (Å²) in [5.74, 6) is -1.36. The quantitative estimate of drug-likeness (QED) is 0.631. The van der Waals surface area contributed by atoms with Crippen LogP contribution in [0.1, 0.15) is 6.92 Å². The van der Waals surface area contributed by atoms with Gasteiger partial charge < -0.3 is 20.5 Å². The van der Waals surface area contributed by atoms with Crippen molar-refractivity contribution in [3.63, 3.8) is 0 Å². The fraction of sp³-hybridized carbons (Fsp3) is 0.636. The van der Waals surface area contributed by atoms with Crippen molar-refractivity contribution >= 4 is 11.9 Å². The van der Waals surface area contributed by atoms with Crippen LogP contribution in [0.4, 0.5) is 0 Å². The molecule has 1 aliphatic heterocycles. The summed E-state index contributed by atoms with van der Waals surface area (Å²) in [7, 11) is 0. The molecule has 1 amide bonds. The second kappa shape index (κ2) is 5.29. The lowest BCUT2D eigenvalue weighted by Gasteiger charge is -2.31. The summed E-state index contributed by atoms with van der Waals surface area (Å²) in [5, 5.41) is 8.76. The van der Waals surface area contributed by atoms with E-state index in [4.69, 9.17) is 15.6 Å². The summed E-state index contributed by atoms with van der Waals surface area (Å²) in [4.78, 5) is 24.2. The lowest BCUT2D eigenvalue weighted by Crippen LogP contribution is -2.52. The number of nitrogens with zero attached hydrogens (tertiary/aromatic N) is 1. The molecule has 3 N–H and O–H groups in total. The molecule has 2 atom stereocenters. The molecule has 0 aromatic carbocycles. The summed E-state index contributed by atoms with van der Waals surface area (Å²) in [5.41, 5.74) is 4.98. The standard InChI is InChI=1S/C11H18N2O4/c1-3-4-13(5-9(14)15)10(16)11(2)7-17-6-8(11)12/h3,8H,1,4-7,12H2,2H3,(H,14,15). The first-order valence-electron chi connectivity index (χ1n) is 5.37. The predicted molar refractivity (Wildman–Crippen MR) is 61.3 cm³/mol. The maximum absolute atomic E-state index is 12.3. The predicted octanol–water partition coefficient (Wildman–Crippen LogP) is -0.551. The highest BCUT2D eigenvalue weighted by molar-refractivity contribution is 5.87. The van der Waals surface area contributed by atoms with E-state index in [1.54, 1.807) is 6.92 Å². The van der Waals surface area contributed by atoms with Crippen molar-refractivity contribution < 1.29 is 19.4 Å². The average Bonchev–Trinajstić information content (AvgIpc) is 2.58. The zero-order valence-electron chi connectivity index (χ0n) is 9.89. The highest BCUT2D eigenvalue weighted by Crippen LogP contribution is 2.29. The smallest absolute Gasteiger partial charge is 0.323 e. The molecule has 0 aliphatic carbocycles. The molecule has 0 bridgehead atoms. The van der Waals surface area contributed by atoms with E-state index in [1.807, 2.05) is 0 Å². The van der Waals surface area contributed by atoms with Crippen molar-refractivity contribution in [1.82, 2.24) is 4.90 Å². The first kappa shape index (κ1) is 13.7. The summed E-state index contributed by atoms with van der Waals surface area (Å²) >= 11 is 0. The van der Waals surface area contributed by atoms with Gasteiger partial charge in [-0.1, -0.05) is 6.08 Å². The fourth-order valence-electron chi connectivity index (χ4n) is 1.81. The minimum absolute atomic E-state index is 0.188. The molecule has 1 rings (SSSR count). The number of hydrogen-bond donors (Lipinski definition) is 2. The van der Waals surface area contributed by atoms with Crippen molar-refractivity contribution in [1.29, 1.82) is 0 Å². The minimum Gasteiger partial charge on any atom is -0.480 e. The summed E-state index contributed by atoms with van der Waals surface area (Å²) in [6.45, 7) is 5.58. The third-order valence-electron chi connectivity index (χ3n) is 2.97. The SMILES string of the molecule is C=CCN(CC(=O)O)C(=O)C1(C)COCC1N. The Morgan fingerprint density at radius 2 is 2.35 bits per heavy atom. The first-order valence-corrected chi connectivity index (χ1v) is 5.37. The third kappa shape index (κ3) is 2.83. The monoisotopic (exact) mass is 242 g/mol. The Morgan fingerprint density at radius 3 is 2.76 bits per heavy atom. The molecule has 0 saturated carbocycles. The van der Waals surface area contributed by atoms with E-state index in [-0.39, 0.29) is 25.6 Å². The summed E-state index contributed by atoms with van der Waals surface area (Å²) in [6, 6.07) is -0.406. The number of carboxylic acids is 1. The van der Waals surface area contributed by atoms with Crippen molar-refractivity contribution in [3.05, 3.63) is 12.7 Å². The lowest BCUT2D eigenvalue weighted by molar-refractivity contribution is -0.149. The Bertz CT molecular complexity index is 331. The number of carbonyl (C=O) groups excluding carboxylic acids is 1. The molecule has 6 heteroatoms. The molecule has 1 saturated heterocycles. The molecular weight excluding hydrogens is 224 g/mol. The van der Waals surface area contributed by atoms with Crippen LogP contribution in [0.2, 0.25) is 0 Å². The molecule has 1 heterocycles. The Hall–Kier alpha value is -1.40. The number of carbonyl (C=O) groups is 2. The van der Waals surface area contributed by atoms with E-state index in [0.717, 1.165) is 0 Å². The molecule has 0 spiro atoms. The van der Waals surface area contributed by atoms with Gasteiger partial charge in [-0.3, -0.25) is 9.59 Å². The number of aliphatic carboxylic acids is 1. The minimum atomic E-state index is -1.06. The largest absolute Gasteiger partial charge is 0.480 e. The third-order valence-corrected chi connectivity index (χ3v) is 2.97. The molecule has 0 aromatic rings. The maximum atomic E-state index is 12.3. The van der Waals surface area contributed by atoms with Crippen LogP contribution >= 0.6 is 0 Å². The van der Waals surface area contributed by atoms with E-state index < -0.39 is 17.4 Å². The zero-order valence-corrected chi connectivity index (χ0v) is 9.89. The topological polar surface area (TPSA) is 92.9 Å². The van der Waals surface area contributed by atoms with Crippen LogP contribution in [-0.2, 0) is 14.3 Å². The summed E-state index contributed by atoms with van der Waals surface area (Å²) < 4.78 is 5.18.